The fourth-order valence-electron chi connectivity index (χ4n) is 2.57. The van der Waals surface area contributed by atoms with Crippen molar-refractivity contribution in [1.82, 2.24) is 10.2 Å². The molecule has 2 amide bonds. The van der Waals surface area contributed by atoms with Gasteiger partial charge in [-0.2, -0.15) is 0 Å². The Morgan fingerprint density at radius 1 is 1.52 bits per heavy atom. The first kappa shape index (κ1) is 15.6. The Hall–Kier alpha value is -1.75. The SMILES string of the molecule is CC(NC(=O)N1CCC(CC(=O)O)C1)c1cccc(Cl)c1. The van der Waals surface area contributed by atoms with Gasteiger partial charge in [0, 0.05) is 24.5 Å². The number of benzene rings is 1. The lowest BCUT2D eigenvalue weighted by Gasteiger charge is -2.21. The summed E-state index contributed by atoms with van der Waals surface area (Å²) in [6.45, 7) is 3.00. The first-order valence-corrected chi connectivity index (χ1v) is 7.36. The monoisotopic (exact) mass is 310 g/mol. The third-order valence-corrected chi connectivity index (χ3v) is 3.96. The Morgan fingerprint density at radius 3 is 2.95 bits per heavy atom. The van der Waals surface area contributed by atoms with Crippen LogP contribution in [-0.2, 0) is 4.79 Å². The molecule has 1 aromatic carbocycles. The van der Waals surface area contributed by atoms with E-state index in [4.69, 9.17) is 16.7 Å². The third kappa shape index (κ3) is 4.36. The first-order valence-electron chi connectivity index (χ1n) is 6.98. The summed E-state index contributed by atoms with van der Waals surface area (Å²) in [5, 5.41) is 12.3. The molecule has 1 aliphatic heterocycles. The molecular weight excluding hydrogens is 292 g/mol. The van der Waals surface area contributed by atoms with Crippen LogP contribution < -0.4 is 5.32 Å². The third-order valence-electron chi connectivity index (χ3n) is 3.73. The average molecular weight is 311 g/mol. The summed E-state index contributed by atoms with van der Waals surface area (Å²) >= 11 is 5.94. The quantitative estimate of drug-likeness (QED) is 0.898. The van der Waals surface area contributed by atoms with Crippen molar-refractivity contribution < 1.29 is 14.7 Å². The number of urea groups is 1. The zero-order valence-electron chi connectivity index (χ0n) is 11.9. The summed E-state index contributed by atoms with van der Waals surface area (Å²) in [4.78, 5) is 24.5. The number of nitrogens with one attached hydrogen (secondary N) is 1. The summed E-state index contributed by atoms with van der Waals surface area (Å²) in [5.74, 6) is -0.760. The van der Waals surface area contributed by atoms with Crippen molar-refractivity contribution in [3.63, 3.8) is 0 Å². The van der Waals surface area contributed by atoms with Gasteiger partial charge in [0.05, 0.1) is 6.04 Å². The van der Waals surface area contributed by atoms with E-state index in [-0.39, 0.29) is 24.4 Å². The molecular formula is C15H19ClN2O3. The van der Waals surface area contributed by atoms with Gasteiger partial charge in [-0.25, -0.2) is 4.79 Å². The standard InChI is InChI=1S/C15H19ClN2O3/c1-10(12-3-2-4-13(16)8-12)17-15(21)18-6-5-11(9-18)7-14(19)20/h2-4,8,10-11H,5-7,9H2,1H3,(H,17,21)(H,19,20). The van der Waals surface area contributed by atoms with Gasteiger partial charge >= 0.3 is 12.0 Å². The highest BCUT2D eigenvalue weighted by Crippen LogP contribution is 2.21. The fraction of sp³-hybridized carbons (Fsp3) is 0.467. The molecule has 1 saturated heterocycles. The van der Waals surface area contributed by atoms with E-state index in [0.717, 1.165) is 12.0 Å². The number of carboxylic acid groups (broad SMARTS) is 1. The van der Waals surface area contributed by atoms with Crippen LogP contribution >= 0.6 is 11.6 Å². The molecule has 0 spiro atoms. The van der Waals surface area contributed by atoms with Crippen LogP contribution in [0.25, 0.3) is 0 Å². The maximum atomic E-state index is 12.2. The van der Waals surface area contributed by atoms with Crippen molar-refractivity contribution >= 4 is 23.6 Å². The molecule has 0 saturated carbocycles. The van der Waals surface area contributed by atoms with Gasteiger partial charge in [0.25, 0.3) is 0 Å². The molecule has 2 atom stereocenters. The van der Waals surface area contributed by atoms with Crippen LogP contribution in [0, 0.1) is 5.92 Å². The number of halogens is 1. The van der Waals surface area contributed by atoms with E-state index in [1.165, 1.54) is 0 Å². The Kier molecular flexibility index (Phi) is 5.07. The second-order valence-electron chi connectivity index (χ2n) is 5.42. The highest BCUT2D eigenvalue weighted by molar-refractivity contribution is 6.30. The number of hydrogen-bond acceptors (Lipinski definition) is 2. The second kappa shape index (κ2) is 6.80. The summed E-state index contributed by atoms with van der Waals surface area (Å²) in [6, 6.07) is 7.07. The van der Waals surface area contributed by atoms with Gasteiger partial charge in [0.1, 0.15) is 0 Å². The van der Waals surface area contributed by atoms with Gasteiger partial charge in [-0.05, 0) is 37.0 Å². The van der Waals surface area contributed by atoms with Crippen LogP contribution in [0.5, 0.6) is 0 Å². The van der Waals surface area contributed by atoms with E-state index >= 15 is 0 Å². The number of carboxylic acids is 1. The van der Waals surface area contributed by atoms with Gasteiger partial charge < -0.3 is 15.3 Å². The molecule has 0 aromatic heterocycles. The average Bonchev–Trinajstić information content (AvgIpc) is 2.86. The number of nitrogens with zero attached hydrogens (tertiary/aromatic N) is 1. The second-order valence-corrected chi connectivity index (χ2v) is 5.86. The van der Waals surface area contributed by atoms with Gasteiger partial charge in [-0.1, -0.05) is 23.7 Å². The smallest absolute Gasteiger partial charge is 0.317 e. The van der Waals surface area contributed by atoms with Crippen LogP contribution in [0.4, 0.5) is 4.79 Å². The summed E-state index contributed by atoms with van der Waals surface area (Å²) in [5.41, 5.74) is 0.942. The molecule has 2 rings (SSSR count). The van der Waals surface area contributed by atoms with Crippen LogP contribution in [0.2, 0.25) is 5.02 Å². The zero-order chi connectivity index (χ0) is 15.4. The normalized spacial score (nSPS) is 19.3. The van der Waals surface area contributed by atoms with Crippen LogP contribution in [0.3, 0.4) is 0 Å². The molecule has 2 unspecified atom stereocenters. The minimum Gasteiger partial charge on any atom is -0.481 e. The lowest BCUT2D eigenvalue weighted by Crippen LogP contribution is -2.39. The molecule has 6 heteroatoms. The van der Waals surface area contributed by atoms with Crippen molar-refractivity contribution in [2.24, 2.45) is 5.92 Å². The Bertz CT molecular complexity index is 535. The van der Waals surface area contributed by atoms with E-state index in [1.807, 2.05) is 25.1 Å². The zero-order valence-corrected chi connectivity index (χ0v) is 12.6. The molecule has 2 N–H and O–H groups in total. The van der Waals surface area contributed by atoms with Crippen LogP contribution in [-0.4, -0.2) is 35.1 Å². The first-order chi connectivity index (χ1) is 9.95. The maximum absolute atomic E-state index is 12.2. The number of rotatable bonds is 4. The maximum Gasteiger partial charge on any atom is 0.317 e. The predicted octanol–water partition coefficient (Wildman–Crippen LogP) is 2.91. The van der Waals surface area contributed by atoms with Gasteiger partial charge in [0.2, 0.25) is 0 Å². The van der Waals surface area contributed by atoms with Crippen LogP contribution in [0.1, 0.15) is 31.4 Å². The molecule has 5 nitrogen and oxygen atoms in total. The minimum absolute atomic E-state index is 0.0507. The number of aliphatic carboxylic acids is 1. The number of amides is 2. The van der Waals surface area contributed by atoms with Gasteiger partial charge in [0.15, 0.2) is 0 Å². The van der Waals surface area contributed by atoms with Crippen molar-refractivity contribution in [3.05, 3.63) is 34.9 Å². The van der Waals surface area contributed by atoms with E-state index in [9.17, 15) is 9.59 Å². The molecule has 0 bridgehead atoms. The van der Waals surface area contributed by atoms with Gasteiger partial charge in [-0.15, -0.1) is 0 Å². The highest BCUT2D eigenvalue weighted by atomic mass is 35.5. The largest absolute Gasteiger partial charge is 0.481 e. The molecule has 0 radical (unpaired) electrons. The molecule has 1 aromatic rings. The Morgan fingerprint density at radius 2 is 2.29 bits per heavy atom. The number of carbonyl (C=O) groups is 2. The minimum atomic E-state index is -0.811. The molecule has 114 valence electrons. The van der Waals surface area contributed by atoms with E-state index < -0.39 is 5.97 Å². The van der Waals surface area contributed by atoms with Crippen molar-refractivity contribution in [2.75, 3.05) is 13.1 Å². The summed E-state index contributed by atoms with van der Waals surface area (Å²) in [7, 11) is 0. The predicted molar refractivity (Wildman–Crippen MR) is 80.3 cm³/mol. The lowest BCUT2D eigenvalue weighted by atomic mass is 10.1. The molecule has 0 aliphatic carbocycles. The van der Waals surface area contributed by atoms with Crippen molar-refractivity contribution in [1.29, 1.82) is 0 Å². The lowest BCUT2D eigenvalue weighted by molar-refractivity contribution is -0.138. The Labute approximate surface area is 128 Å². The fourth-order valence-corrected chi connectivity index (χ4v) is 2.77. The van der Waals surface area contributed by atoms with E-state index in [1.54, 1.807) is 11.0 Å². The van der Waals surface area contributed by atoms with Crippen molar-refractivity contribution in [3.8, 4) is 0 Å². The molecule has 1 heterocycles. The molecule has 1 fully saturated rings. The summed E-state index contributed by atoms with van der Waals surface area (Å²) < 4.78 is 0. The van der Waals surface area contributed by atoms with Crippen molar-refractivity contribution in [2.45, 2.75) is 25.8 Å². The summed E-state index contributed by atoms with van der Waals surface area (Å²) in [6.07, 6.45) is 0.860. The number of hydrogen-bond donors (Lipinski definition) is 2. The van der Waals surface area contributed by atoms with Gasteiger partial charge in [-0.3, -0.25) is 4.79 Å². The highest BCUT2D eigenvalue weighted by Gasteiger charge is 2.28. The van der Waals surface area contributed by atoms with E-state index in [2.05, 4.69) is 5.32 Å². The molecule has 21 heavy (non-hydrogen) atoms. The van der Waals surface area contributed by atoms with Crippen LogP contribution in [0.15, 0.2) is 24.3 Å². The van der Waals surface area contributed by atoms with E-state index in [0.29, 0.717) is 18.1 Å². The number of carbonyl (C=O) groups excluding carboxylic acids is 1. The molecule has 1 aliphatic rings. The Balaban J connectivity index is 1.88. The number of likely N-dealkylation sites (tertiary alicyclic amines) is 1. The topological polar surface area (TPSA) is 69.6 Å².